The fourth-order valence-corrected chi connectivity index (χ4v) is 4.65. The van der Waals surface area contributed by atoms with E-state index in [0.29, 0.717) is 12.3 Å². The van der Waals surface area contributed by atoms with Crippen LogP contribution in [-0.2, 0) is 14.3 Å². The van der Waals surface area contributed by atoms with Crippen molar-refractivity contribution in [2.75, 3.05) is 0 Å². The quantitative estimate of drug-likeness (QED) is 0.265. The zero-order valence-corrected chi connectivity index (χ0v) is 26.4. The van der Waals surface area contributed by atoms with Crippen LogP contribution in [0.2, 0.25) is 0 Å². The van der Waals surface area contributed by atoms with Crippen LogP contribution in [0.4, 0.5) is 4.79 Å². The van der Waals surface area contributed by atoms with Gasteiger partial charge in [0.25, 0.3) is 0 Å². The van der Waals surface area contributed by atoms with E-state index in [2.05, 4.69) is 31.4 Å². The number of nitrogens with zero attached hydrogens (tertiary/aromatic N) is 1. The zero-order chi connectivity index (χ0) is 29.9. The molecule has 0 heterocycles. The van der Waals surface area contributed by atoms with Gasteiger partial charge in [0.2, 0.25) is 11.8 Å². The van der Waals surface area contributed by atoms with Gasteiger partial charge in [-0.3, -0.25) is 9.59 Å². The Morgan fingerprint density at radius 1 is 0.872 bits per heavy atom. The number of alkyl carbamates (subject to hydrolysis) is 1. The summed E-state index contributed by atoms with van der Waals surface area (Å²) in [6, 6.07) is 5.90. The minimum Gasteiger partial charge on any atom is -0.444 e. The van der Waals surface area contributed by atoms with E-state index in [-0.39, 0.29) is 29.8 Å². The fraction of sp³-hybridized carbons (Fsp3) is 0.719. The third-order valence-electron chi connectivity index (χ3n) is 6.62. The maximum Gasteiger partial charge on any atom is 0.408 e. The maximum atomic E-state index is 14.4. The molecule has 222 valence electrons. The average molecular weight is 546 g/mol. The number of benzene rings is 1. The summed E-state index contributed by atoms with van der Waals surface area (Å²) in [6.45, 7) is 21.8. The molecule has 0 bridgehead atoms. The summed E-state index contributed by atoms with van der Waals surface area (Å²) >= 11 is 0. The molecule has 1 rings (SSSR count). The smallest absolute Gasteiger partial charge is 0.408 e. The van der Waals surface area contributed by atoms with Crippen molar-refractivity contribution in [3.63, 3.8) is 0 Å². The van der Waals surface area contributed by atoms with Gasteiger partial charge in [0.1, 0.15) is 17.7 Å². The largest absolute Gasteiger partial charge is 0.444 e. The average Bonchev–Trinajstić information content (AvgIpc) is 2.79. The molecular weight excluding hydrogens is 490 g/mol. The Morgan fingerprint density at radius 2 is 1.46 bits per heavy atom. The molecule has 3 amide bonds. The topological polar surface area (TPSA) is 87.7 Å². The van der Waals surface area contributed by atoms with Crippen LogP contribution >= 0.6 is 0 Å². The van der Waals surface area contributed by atoms with Gasteiger partial charge in [-0.05, 0) is 84.6 Å². The number of rotatable bonds is 14. The molecule has 0 aliphatic heterocycles. The number of nitrogens with one attached hydrogen (secondary N) is 2. The van der Waals surface area contributed by atoms with E-state index in [1.807, 2.05) is 58.9 Å². The molecule has 0 spiro atoms. The lowest BCUT2D eigenvalue weighted by Crippen LogP contribution is -2.56. The van der Waals surface area contributed by atoms with Crippen molar-refractivity contribution in [1.82, 2.24) is 15.5 Å². The van der Waals surface area contributed by atoms with Crippen molar-refractivity contribution in [1.29, 1.82) is 0 Å². The molecule has 0 aliphatic rings. The molecule has 2 N–H and O–H groups in total. The molecule has 0 aromatic heterocycles. The number of hydrogen-bond acceptors (Lipinski definition) is 4. The first-order valence-corrected chi connectivity index (χ1v) is 14.7. The van der Waals surface area contributed by atoms with Crippen LogP contribution < -0.4 is 10.6 Å². The zero-order valence-electron chi connectivity index (χ0n) is 26.4. The van der Waals surface area contributed by atoms with Gasteiger partial charge < -0.3 is 20.3 Å². The van der Waals surface area contributed by atoms with Crippen LogP contribution in [-0.4, -0.2) is 46.5 Å². The second-order valence-electron chi connectivity index (χ2n) is 12.9. The predicted octanol–water partition coefficient (Wildman–Crippen LogP) is 6.93. The molecule has 7 heteroatoms. The van der Waals surface area contributed by atoms with Gasteiger partial charge >= 0.3 is 6.09 Å². The first-order valence-electron chi connectivity index (χ1n) is 14.7. The van der Waals surface area contributed by atoms with Crippen molar-refractivity contribution < 1.29 is 19.1 Å². The van der Waals surface area contributed by atoms with Gasteiger partial charge in [0.15, 0.2) is 0 Å². The summed E-state index contributed by atoms with van der Waals surface area (Å²) in [4.78, 5) is 42.9. The molecule has 1 aromatic carbocycles. The number of aryl methyl sites for hydroxylation is 1. The van der Waals surface area contributed by atoms with Gasteiger partial charge in [-0.1, -0.05) is 70.9 Å². The summed E-state index contributed by atoms with van der Waals surface area (Å²) < 4.78 is 5.50. The van der Waals surface area contributed by atoms with E-state index in [1.54, 1.807) is 25.7 Å². The number of ether oxygens (including phenoxy) is 1. The van der Waals surface area contributed by atoms with Crippen LogP contribution in [0.5, 0.6) is 0 Å². The van der Waals surface area contributed by atoms with Gasteiger partial charge in [-0.15, -0.1) is 0 Å². The van der Waals surface area contributed by atoms with Crippen molar-refractivity contribution >= 4 is 17.9 Å². The molecule has 0 radical (unpaired) electrons. The summed E-state index contributed by atoms with van der Waals surface area (Å²) in [5, 5.41) is 5.99. The molecule has 1 aromatic rings. The number of carbonyl (C=O) groups excluding carboxylic acids is 3. The summed E-state index contributed by atoms with van der Waals surface area (Å²) in [7, 11) is 0. The summed E-state index contributed by atoms with van der Waals surface area (Å²) in [5.41, 5.74) is 1.14. The monoisotopic (exact) mass is 545 g/mol. The summed E-state index contributed by atoms with van der Waals surface area (Å²) in [5.74, 6) is 0.115. The van der Waals surface area contributed by atoms with Crippen LogP contribution in [0.3, 0.4) is 0 Å². The minimum atomic E-state index is -0.824. The number of hydrogen-bond donors (Lipinski definition) is 2. The Morgan fingerprint density at radius 3 is 1.95 bits per heavy atom. The number of amides is 3. The van der Waals surface area contributed by atoms with Crippen molar-refractivity contribution in [2.45, 2.75) is 138 Å². The lowest BCUT2D eigenvalue weighted by Gasteiger charge is -2.39. The summed E-state index contributed by atoms with van der Waals surface area (Å²) in [6.07, 6.45) is 3.24. The van der Waals surface area contributed by atoms with E-state index in [1.165, 1.54) is 0 Å². The molecule has 39 heavy (non-hydrogen) atoms. The molecule has 0 fully saturated rings. The molecule has 0 saturated heterocycles. The highest BCUT2D eigenvalue weighted by Gasteiger charge is 2.39. The van der Waals surface area contributed by atoms with Gasteiger partial charge in [-0.2, -0.15) is 0 Å². The van der Waals surface area contributed by atoms with Crippen LogP contribution in [0.25, 0.3) is 0 Å². The lowest BCUT2D eigenvalue weighted by atomic mass is 9.95. The van der Waals surface area contributed by atoms with Gasteiger partial charge in [0.05, 0.1) is 0 Å². The van der Waals surface area contributed by atoms with Gasteiger partial charge in [-0.25, -0.2) is 4.79 Å². The third-order valence-corrected chi connectivity index (χ3v) is 6.62. The van der Waals surface area contributed by atoms with E-state index < -0.39 is 23.8 Å². The second kappa shape index (κ2) is 15.9. The molecule has 4 unspecified atom stereocenters. The van der Waals surface area contributed by atoms with E-state index in [0.717, 1.165) is 36.8 Å². The van der Waals surface area contributed by atoms with Crippen LogP contribution in [0.1, 0.15) is 119 Å². The first kappa shape index (κ1) is 34.5. The van der Waals surface area contributed by atoms with E-state index >= 15 is 0 Å². The molecule has 0 aliphatic carbocycles. The normalized spacial score (nSPS) is 14.9. The molecule has 7 nitrogen and oxygen atoms in total. The highest BCUT2D eigenvalue weighted by molar-refractivity contribution is 5.92. The van der Waals surface area contributed by atoms with Crippen LogP contribution in [0, 0.1) is 18.8 Å². The minimum absolute atomic E-state index is 0.0234. The number of carbonyl (C=O) groups is 3. The molecule has 0 saturated carbocycles. The maximum absolute atomic E-state index is 14.4. The Balaban J connectivity index is 3.62. The Bertz CT molecular complexity index is 905. The van der Waals surface area contributed by atoms with Crippen molar-refractivity contribution in [3.05, 3.63) is 35.4 Å². The predicted molar refractivity (Wildman–Crippen MR) is 159 cm³/mol. The Kier molecular flexibility index (Phi) is 14.0. The highest BCUT2D eigenvalue weighted by atomic mass is 16.6. The van der Waals surface area contributed by atoms with Crippen molar-refractivity contribution in [2.24, 2.45) is 11.8 Å². The second-order valence-corrected chi connectivity index (χ2v) is 12.9. The lowest BCUT2D eigenvalue weighted by molar-refractivity contribution is -0.145. The SMILES string of the molecule is CCCC(C)NC(=O)C(c1ccc(C)cc1)N(C(=O)C(CC(C)C)NC(=O)OC(C)(C)C)C(C)CCC(C)C. The van der Waals surface area contributed by atoms with Gasteiger partial charge in [0, 0.05) is 12.1 Å². The highest BCUT2D eigenvalue weighted by Crippen LogP contribution is 2.29. The Hall–Kier alpha value is -2.57. The third kappa shape index (κ3) is 12.4. The molecular formula is C32H55N3O4. The van der Waals surface area contributed by atoms with E-state index in [4.69, 9.17) is 4.74 Å². The van der Waals surface area contributed by atoms with Crippen LogP contribution in [0.15, 0.2) is 24.3 Å². The standard InChI is InChI=1S/C32H55N3O4/c1-12-13-24(7)33-29(36)28(26-18-15-23(6)16-19-26)35(25(8)17-14-21(2)3)30(37)27(20-22(4)5)34-31(38)39-32(9,10)11/h15-16,18-19,21-22,24-25,27-28H,12-14,17,20H2,1-11H3,(H,33,36)(H,34,38). The molecule has 4 atom stereocenters. The first-order chi connectivity index (χ1) is 18.0. The van der Waals surface area contributed by atoms with Crippen molar-refractivity contribution in [3.8, 4) is 0 Å². The van der Waals surface area contributed by atoms with E-state index in [9.17, 15) is 14.4 Å². The Labute approximate surface area is 237 Å². The fourth-order valence-electron chi connectivity index (χ4n) is 4.65.